The molecule has 0 aliphatic rings. The first kappa shape index (κ1) is 8.68. The molecule has 1 aromatic carbocycles. The summed E-state index contributed by atoms with van der Waals surface area (Å²) < 4.78 is 13.6. The molecular formula is C8H8BrFO. The van der Waals surface area contributed by atoms with Crippen molar-refractivity contribution in [3.8, 4) is 0 Å². The fourth-order valence-corrected chi connectivity index (χ4v) is 1.42. The van der Waals surface area contributed by atoms with E-state index >= 15 is 0 Å². The van der Waals surface area contributed by atoms with E-state index < -0.39 is 0 Å². The molecule has 0 aromatic heterocycles. The molecule has 0 aliphatic carbocycles. The molecule has 1 aromatic rings. The van der Waals surface area contributed by atoms with Crippen LogP contribution in [0.3, 0.4) is 0 Å². The molecule has 0 spiro atoms. The van der Waals surface area contributed by atoms with E-state index in [9.17, 15) is 4.39 Å². The Morgan fingerprint density at radius 1 is 1.45 bits per heavy atom. The lowest BCUT2D eigenvalue weighted by atomic mass is 10.1. The van der Waals surface area contributed by atoms with E-state index in [1.807, 2.05) is 0 Å². The summed E-state index contributed by atoms with van der Waals surface area (Å²) in [6.07, 6.45) is 0.354. The zero-order chi connectivity index (χ0) is 8.27. The lowest BCUT2D eigenvalue weighted by Gasteiger charge is -2.02. The van der Waals surface area contributed by atoms with Gasteiger partial charge in [0.15, 0.2) is 0 Å². The van der Waals surface area contributed by atoms with Crippen molar-refractivity contribution in [2.24, 2.45) is 0 Å². The highest BCUT2D eigenvalue weighted by Gasteiger charge is 2.03. The second-order valence-corrected chi connectivity index (χ2v) is 3.03. The predicted molar refractivity (Wildman–Crippen MR) is 44.9 cm³/mol. The third-order valence-corrected chi connectivity index (χ3v) is 2.17. The maximum atomic E-state index is 12.9. The van der Waals surface area contributed by atoms with Gasteiger partial charge in [-0.15, -0.1) is 0 Å². The number of halogens is 2. The molecular weight excluding hydrogens is 211 g/mol. The van der Waals surface area contributed by atoms with E-state index in [4.69, 9.17) is 5.11 Å². The first-order valence-corrected chi connectivity index (χ1v) is 4.08. The third-order valence-electron chi connectivity index (χ3n) is 1.42. The molecule has 1 nitrogen and oxygen atoms in total. The van der Waals surface area contributed by atoms with Gasteiger partial charge < -0.3 is 5.11 Å². The van der Waals surface area contributed by atoms with Crippen LogP contribution in [0.2, 0.25) is 0 Å². The van der Waals surface area contributed by atoms with Crippen molar-refractivity contribution in [3.63, 3.8) is 0 Å². The van der Waals surface area contributed by atoms with Crippen LogP contribution in [-0.4, -0.2) is 11.7 Å². The van der Waals surface area contributed by atoms with Gasteiger partial charge in [0.25, 0.3) is 0 Å². The van der Waals surface area contributed by atoms with E-state index in [2.05, 4.69) is 15.9 Å². The van der Waals surface area contributed by atoms with Crippen molar-refractivity contribution in [2.45, 2.75) is 6.42 Å². The molecule has 0 aliphatic heterocycles. The zero-order valence-electron chi connectivity index (χ0n) is 5.85. The van der Waals surface area contributed by atoms with E-state index in [1.54, 1.807) is 12.1 Å². The largest absolute Gasteiger partial charge is 0.396 e. The molecule has 0 saturated carbocycles. The minimum Gasteiger partial charge on any atom is -0.396 e. The molecule has 0 fully saturated rings. The van der Waals surface area contributed by atoms with E-state index in [0.717, 1.165) is 0 Å². The van der Waals surface area contributed by atoms with Crippen molar-refractivity contribution in [2.75, 3.05) is 6.61 Å². The molecule has 11 heavy (non-hydrogen) atoms. The van der Waals surface area contributed by atoms with Crippen molar-refractivity contribution >= 4 is 15.9 Å². The third kappa shape index (κ3) is 2.01. The van der Waals surface area contributed by atoms with Gasteiger partial charge in [0.2, 0.25) is 0 Å². The number of aliphatic hydroxyl groups is 1. The lowest BCUT2D eigenvalue weighted by molar-refractivity contribution is 0.297. The number of aliphatic hydroxyl groups excluding tert-OH is 1. The van der Waals surface area contributed by atoms with Crippen molar-refractivity contribution in [1.29, 1.82) is 0 Å². The molecule has 3 heteroatoms. The van der Waals surface area contributed by atoms with Gasteiger partial charge in [-0.1, -0.05) is 22.0 Å². The van der Waals surface area contributed by atoms with Gasteiger partial charge in [0, 0.05) is 16.6 Å². The van der Waals surface area contributed by atoms with Gasteiger partial charge in [-0.2, -0.15) is 0 Å². The molecule has 60 valence electrons. The highest BCUT2D eigenvalue weighted by molar-refractivity contribution is 9.10. The van der Waals surface area contributed by atoms with Crippen LogP contribution in [0.25, 0.3) is 0 Å². The Hall–Kier alpha value is -0.410. The predicted octanol–water partition coefficient (Wildman–Crippen LogP) is 2.12. The SMILES string of the molecule is OCCc1c(F)cccc1Br. The van der Waals surface area contributed by atoms with Crippen LogP contribution < -0.4 is 0 Å². The summed E-state index contributed by atoms with van der Waals surface area (Å²) in [6, 6.07) is 4.77. The van der Waals surface area contributed by atoms with E-state index in [1.165, 1.54) is 6.07 Å². The second kappa shape index (κ2) is 3.83. The van der Waals surface area contributed by atoms with Crippen molar-refractivity contribution in [3.05, 3.63) is 34.1 Å². The summed E-state index contributed by atoms with van der Waals surface area (Å²) >= 11 is 3.20. The van der Waals surface area contributed by atoms with Gasteiger partial charge in [0.05, 0.1) is 0 Å². The number of rotatable bonds is 2. The molecule has 0 heterocycles. The average Bonchev–Trinajstić information content (AvgIpc) is 1.97. The topological polar surface area (TPSA) is 20.2 Å². The molecule has 0 unspecified atom stereocenters. The summed E-state index contributed by atoms with van der Waals surface area (Å²) in [5.41, 5.74) is 0.537. The number of hydrogen-bond acceptors (Lipinski definition) is 1. The van der Waals surface area contributed by atoms with Crippen LogP contribution in [-0.2, 0) is 6.42 Å². The summed E-state index contributed by atoms with van der Waals surface area (Å²) in [5, 5.41) is 8.58. The van der Waals surface area contributed by atoms with Gasteiger partial charge in [0.1, 0.15) is 5.82 Å². The average molecular weight is 219 g/mol. The maximum Gasteiger partial charge on any atom is 0.127 e. The molecule has 0 amide bonds. The van der Waals surface area contributed by atoms with Crippen molar-refractivity contribution in [1.82, 2.24) is 0 Å². The standard InChI is InChI=1S/C8H8BrFO/c9-7-2-1-3-8(10)6(7)4-5-11/h1-3,11H,4-5H2. The van der Waals surface area contributed by atoms with Crippen LogP contribution in [0.1, 0.15) is 5.56 Å². The number of hydrogen-bond donors (Lipinski definition) is 1. The molecule has 0 radical (unpaired) electrons. The van der Waals surface area contributed by atoms with Gasteiger partial charge >= 0.3 is 0 Å². The Morgan fingerprint density at radius 2 is 2.18 bits per heavy atom. The van der Waals surface area contributed by atoms with Gasteiger partial charge in [-0.05, 0) is 18.6 Å². The van der Waals surface area contributed by atoms with E-state index in [0.29, 0.717) is 16.5 Å². The lowest BCUT2D eigenvalue weighted by Crippen LogP contribution is -1.95. The number of benzene rings is 1. The molecule has 1 rings (SSSR count). The highest BCUT2D eigenvalue weighted by Crippen LogP contribution is 2.19. The Bertz CT molecular complexity index is 230. The van der Waals surface area contributed by atoms with Crippen LogP contribution in [0, 0.1) is 5.82 Å². The van der Waals surface area contributed by atoms with Gasteiger partial charge in [-0.25, -0.2) is 4.39 Å². The highest BCUT2D eigenvalue weighted by atomic mass is 79.9. The minimum absolute atomic E-state index is 0.0282. The maximum absolute atomic E-state index is 12.9. The molecule has 0 bridgehead atoms. The first-order valence-electron chi connectivity index (χ1n) is 3.29. The van der Waals surface area contributed by atoms with Crippen LogP contribution in [0.5, 0.6) is 0 Å². The molecule has 0 saturated heterocycles. The molecule has 1 N–H and O–H groups in total. The van der Waals surface area contributed by atoms with Crippen LogP contribution >= 0.6 is 15.9 Å². The zero-order valence-corrected chi connectivity index (χ0v) is 7.44. The Morgan fingerprint density at radius 3 is 2.73 bits per heavy atom. The summed E-state index contributed by atoms with van der Waals surface area (Å²) in [6.45, 7) is -0.0282. The fraction of sp³-hybridized carbons (Fsp3) is 0.250. The van der Waals surface area contributed by atoms with Crippen molar-refractivity contribution < 1.29 is 9.50 Å². The monoisotopic (exact) mass is 218 g/mol. The quantitative estimate of drug-likeness (QED) is 0.807. The summed E-state index contributed by atoms with van der Waals surface area (Å²) in [4.78, 5) is 0. The Balaban J connectivity index is 3.00. The van der Waals surface area contributed by atoms with Crippen LogP contribution in [0.15, 0.2) is 22.7 Å². The first-order chi connectivity index (χ1) is 5.25. The Labute approximate surface area is 73.0 Å². The molecule has 0 atom stereocenters. The Kier molecular flexibility index (Phi) is 3.02. The minimum atomic E-state index is -0.270. The summed E-state index contributed by atoms with van der Waals surface area (Å²) in [5.74, 6) is -0.270. The normalized spacial score (nSPS) is 10.1. The van der Waals surface area contributed by atoms with Crippen LogP contribution in [0.4, 0.5) is 4.39 Å². The smallest absolute Gasteiger partial charge is 0.127 e. The summed E-state index contributed by atoms with van der Waals surface area (Å²) in [7, 11) is 0. The van der Waals surface area contributed by atoms with E-state index in [-0.39, 0.29) is 12.4 Å². The van der Waals surface area contributed by atoms with Gasteiger partial charge in [-0.3, -0.25) is 0 Å². The fourth-order valence-electron chi connectivity index (χ4n) is 0.883. The second-order valence-electron chi connectivity index (χ2n) is 2.17.